The van der Waals surface area contributed by atoms with Crippen LogP contribution in [0.3, 0.4) is 0 Å². The van der Waals surface area contributed by atoms with E-state index in [-0.39, 0.29) is 0 Å². The summed E-state index contributed by atoms with van der Waals surface area (Å²) in [6.45, 7) is 3.43. The molecule has 0 saturated carbocycles. The molecule has 0 aromatic rings. The molecule has 0 aromatic carbocycles. The Kier molecular flexibility index (Phi) is 1.37. The monoisotopic (exact) mass is 110 g/mol. The van der Waals surface area contributed by atoms with Crippen molar-refractivity contribution in [2.45, 2.75) is 0 Å². The van der Waals surface area contributed by atoms with Crippen molar-refractivity contribution < 1.29 is 9.47 Å². The van der Waals surface area contributed by atoms with Gasteiger partial charge in [-0.2, -0.15) is 0 Å². The molecule has 1 rings (SSSR count). The predicted octanol–water partition coefficient (Wildman–Crippen LogP) is 1.53. The third-order valence-electron chi connectivity index (χ3n) is 0.667. The first kappa shape index (κ1) is 4.97. The molecule has 0 aromatic heterocycles. The number of rotatable bonds is 0. The number of ether oxygens (including phenoxy) is 2. The molecule has 1 heterocycles. The molecular formula is C6H6O2. The minimum Gasteiger partial charge on any atom is -0.434 e. The average Bonchev–Trinajstić information content (AvgIpc) is 1.94. The Morgan fingerprint density at radius 2 is 1.62 bits per heavy atom. The molecule has 0 aliphatic carbocycles. The van der Waals surface area contributed by atoms with Gasteiger partial charge in [0, 0.05) is 0 Å². The Balaban J connectivity index is 2.58. The van der Waals surface area contributed by atoms with Gasteiger partial charge in [0.15, 0.2) is 0 Å². The molecule has 0 fully saturated rings. The van der Waals surface area contributed by atoms with Gasteiger partial charge in [-0.3, -0.25) is 0 Å². The molecular weight excluding hydrogens is 104 g/mol. The first-order chi connectivity index (χ1) is 3.89. The van der Waals surface area contributed by atoms with Crippen molar-refractivity contribution in [2.24, 2.45) is 0 Å². The normalized spacial score (nSPS) is 16.8. The van der Waals surface area contributed by atoms with E-state index in [4.69, 9.17) is 9.47 Å². The van der Waals surface area contributed by atoms with Gasteiger partial charge >= 0.3 is 0 Å². The summed E-state index contributed by atoms with van der Waals surface area (Å²) in [7, 11) is 0. The van der Waals surface area contributed by atoms with Crippen molar-refractivity contribution in [3.8, 4) is 0 Å². The minimum absolute atomic E-state index is 0.301. The van der Waals surface area contributed by atoms with E-state index >= 15 is 0 Å². The van der Waals surface area contributed by atoms with Crippen LogP contribution in [-0.4, -0.2) is 0 Å². The summed E-state index contributed by atoms with van der Waals surface area (Å²) in [5, 5.41) is 0. The third-order valence-corrected chi connectivity index (χ3v) is 0.667. The largest absolute Gasteiger partial charge is 0.434 e. The van der Waals surface area contributed by atoms with E-state index in [1.807, 2.05) is 0 Å². The van der Waals surface area contributed by atoms with Crippen LogP contribution in [0.25, 0.3) is 0 Å². The smallest absolute Gasteiger partial charge is 0.281 e. The first-order valence-corrected chi connectivity index (χ1v) is 2.23. The van der Waals surface area contributed by atoms with Gasteiger partial charge in [0.25, 0.3) is 5.95 Å². The third kappa shape index (κ3) is 1.15. The molecule has 1 aliphatic heterocycles. The van der Waals surface area contributed by atoms with E-state index in [9.17, 15) is 0 Å². The van der Waals surface area contributed by atoms with Crippen LogP contribution in [0.2, 0.25) is 0 Å². The highest BCUT2D eigenvalue weighted by Crippen LogP contribution is 2.00. The van der Waals surface area contributed by atoms with Crippen LogP contribution >= 0.6 is 0 Å². The van der Waals surface area contributed by atoms with Crippen LogP contribution in [0.5, 0.6) is 0 Å². The SMILES string of the molecule is C=C1OC=CC=CO1. The molecule has 8 heavy (non-hydrogen) atoms. The number of hydrogen-bond acceptors (Lipinski definition) is 2. The zero-order chi connectivity index (χ0) is 5.82. The summed E-state index contributed by atoms with van der Waals surface area (Å²) in [6, 6.07) is 0. The number of allylic oxidation sites excluding steroid dienone is 2. The van der Waals surface area contributed by atoms with Gasteiger partial charge in [-0.05, 0) is 18.7 Å². The van der Waals surface area contributed by atoms with Crippen molar-refractivity contribution in [2.75, 3.05) is 0 Å². The lowest BCUT2D eigenvalue weighted by atomic mass is 10.6. The van der Waals surface area contributed by atoms with Gasteiger partial charge in [-0.25, -0.2) is 0 Å². The Morgan fingerprint density at radius 3 is 2.12 bits per heavy atom. The van der Waals surface area contributed by atoms with Crippen molar-refractivity contribution in [3.63, 3.8) is 0 Å². The van der Waals surface area contributed by atoms with E-state index in [1.54, 1.807) is 12.2 Å². The molecule has 0 bridgehead atoms. The quantitative estimate of drug-likeness (QED) is 0.470. The number of hydrogen-bond donors (Lipinski definition) is 0. The Hall–Kier alpha value is -1.18. The van der Waals surface area contributed by atoms with Crippen LogP contribution in [-0.2, 0) is 9.47 Å². The molecule has 0 N–H and O–H groups in total. The van der Waals surface area contributed by atoms with Crippen molar-refractivity contribution in [3.05, 3.63) is 37.2 Å². The second-order valence-corrected chi connectivity index (χ2v) is 1.26. The standard InChI is InChI=1S/C6H6O2/c1-6-7-4-2-3-5-8-6/h2-5H,1H2. The lowest BCUT2D eigenvalue weighted by Gasteiger charge is -1.97. The van der Waals surface area contributed by atoms with Gasteiger partial charge in [-0.15, -0.1) is 0 Å². The summed E-state index contributed by atoms with van der Waals surface area (Å²) < 4.78 is 9.49. The van der Waals surface area contributed by atoms with Gasteiger partial charge < -0.3 is 9.47 Å². The fourth-order valence-corrected chi connectivity index (χ4v) is 0.349. The van der Waals surface area contributed by atoms with Crippen LogP contribution in [0, 0.1) is 0 Å². The molecule has 0 atom stereocenters. The Morgan fingerprint density at radius 1 is 1.12 bits per heavy atom. The molecule has 1 aliphatic rings. The zero-order valence-corrected chi connectivity index (χ0v) is 4.33. The average molecular weight is 110 g/mol. The highest BCUT2D eigenvalue weighted by atomic mass is 16.7. The fraction of sp³-hybridized carbons (Fsp3) is 0. The molecule has 0 amide bonds. The van der Waals surface area contributed by atoms with Gasteiger partial charge in [-0.1, -0.05) is 0 Å². The maximum Gasteiger partial charge on any atom is 0.281 e. The van der Waals surface area contributed by atoms with Crippen LogP contribution in [0.4, 0.5) is 0 Å². The summed E-state index contributed by atoms with van der Waals surface area (Å²) in [5.74, 6) is 0.301. The summed E-state index contributed by atoms with van der Waals surface area (Å²) in [4.78, 5) is 0. The van der Waals surface area contributed by atoms with Crippen LogP contribution in [0.15, 0.2) is 37.2 Å². The van der Waals surface area contributed by atoms with E-state index < -0.39 is 0 Å². The topological polar surface area (TPSA) is 18.5 Å². The maximum atomic E-state index is 4.74. The van der Waals surface area contributed by atoms with Crippen molar-refractivity contribution in [1.82, 2.24) is 0 Å². The molecule has 0 saturated heterocycles. The summed E-state index contributed by atoms with van der Waals surface area (Å²) >= 11 is 0. The Labute approximate surface area is 47.7 Å². The lowest BCUT2D eigenvalue weighted by molar-refractivity contribution is 0.155. The second kappa shape index (κ2) is 2.21. The second-order valence-electron chi connectivity index (χ2n) is 1.26. The van der Waals surface area contributed by atoms with Crippen molar-refractivity contribution in [1.29, 1.82) is 0 Å². The highest BCUT2D eigenvalue weighted by Gasteiger charge is 1.88. The van der Waals surface area contributed by atoms with Crippen molar-refractivity contribution >= 4 is 0 Å². The fourth-order valence-electron chi connectivity index (χ4n) is 0.349. The molecule has 0 spiro atoms. The van der Waals surface area contributed by atoms with Gasteiger partial charge in [0.05, 0.1) is 12.5 Å². The first-order valence-electron chi connectivity index (χ1n) is 2.23. The predicted molar refractivity (Wildman–Crippen MR) is 29.6 cm³/mol. The lowest BCUT2D eigenvalue weighted by Crippen LogP contribution is -1.80. The molecule has 2 nitrogen and oxygen atoms in total. The zero-order valence-electron chi connectivity index (χ0n) is 4.33. The molecule has 42 valence electrons. The van der Waals surface area contributed by atoms with Crippen LogP contribution in [0.1, 0.15) is 0 Å². The highest BCUT2D eigenvalue weighted by molar-refractivity contribution is 5.00. The van der Waals surface area contributed by atoms with Gasteiger partial charge in [0.2, 0.25) is 0 Å². The summed E-state index contributed by atoms with van der Waals surface area (Å²) in [6.07, 6.45) is 6.45. The Bertz CT molecular complexity index is 129. The molecule has 0 unspecified atom stereocenters. The molecule has 2 heteroatoms. The minimum atomic E-state index is 0.301. The molecule has 0 radical (unpaired) electrons. The van der Waals surface area contributed by atoms with Gasteiger partial charge in [0.1, 0.15) is 0 Å². The van der Waals surface area contributed by atoms with E-state index in [0.717, 1.165) is 0 Å². The maximum absolute atomic E-state index is 4.74. The van der Waals surface area contributed by atoms with E-state index in [0.29, 0.717) is 5.95 Å². The summed E-state index contributed by atoms with van der Waals surface area (Å²) in [5.41, 5.74) is 0. The van der Waals surface area contributed by atoms with E-state index in [2.05, 4.69) is 6.58 Å². The van der Waals surface area contributed by atoms with E-state index in [1.165, 1.54) is 12.5 Å². The van der Waals surface area contributed by atoms with Crippen LogP contribution < -0.4 is 0 Å².